The second-order valence-electron chi connectivity index (χ2n) is 33.6. The second kappa shape index (κ2) is 37.0. The van der Waals surface area contributed by atoms with Crippen LogP contribution >= 0.6 is 0 Å². The van der Waals surface area contributed by atoms with E-state index in [-0.39, 0.29) is 5.78 Å². The number of aromatic nitrogens is 6. The third-order valence-corrected chi connectivity index (χ3v) is 24.9. The monoisotopic (exact) mass is 1710 g/mol. The zero-order valence-corrected chi connectivity index (χ0v) is 73.1. The molecular weight excluding hydrogens is 1630 g/mol. The molecule has 7 nitrogen and oxygen atoms in total. The Bertz CT molecular complexity index is 7010. The standard InChI is InChI=1S/C127H84N6O/c134-121(119-65-27-25-63-117(119)97-55-33-61-103(71-97)126-130-122(99-57-29-51-93(67-99)113-77-105(85-35-9-1-10-36-85)73-106(78-113)86-37-11-2-12-38-86)128-123(131-126)100-58-30-52-94(68-100)114-79-107(87-39-13-3-14-40-87)74-108(80-114)88-41-15-4-16-42-88)120-66-28-26-64-118(120)98-56-34-62-104(72-98)127-132-124(101-59-31-53-95(69-101)115-81-109(89-43-17-5-18-44-89)75-110(82-115)90-45-19-6-20-46-90)129-125(133-127)102-60-32-54-96(70-102)116-83-111(91-47-21-7-22-48-91)76-112(84-116)92-49-23-8-24-50-92/h1-84H. The Morgan fingerprint density at radius 2 is 0.239 bits per heavy atom. The number of nitrogens with zero attached hydrogens (tertiary/aromatic N) is 6. The molecule has 2 aromatic heterocycles. The van der Waals surface area contributed by atoms with Gasteiger partial charge in [0.05, 0.1) is 0 Å². The van der Waals surface area contributed by atoms with E-state index >= 15 is 4.79 Å². The normalized spacial score (nSPS) is 11.2. The molecule has 0 spiro atoms. The molecule has 22 rings (SSSR count). The lowest BCUT2D eigenvalue weighted by Crippen LogP contribution is -2.06. The summed E-state index contributed by atoms with van der Waals surface area (Å²) in [7, 11) is 0. The first kappa shape index (κ1) is 81.8. The minimum Gasteiger partial charge on any atom is -0.289 e. The van der Waals surface area contributed by atoms with E-state index in [2.05, 4.69) is 437 Å². The van der Waals surface area contributed by atoms with Gasteiger partial charge in [0.2, 0.25) is 0 Å². The van der Waals surface area contributed by atoms with Crippen LogP contribution in [-0.4, -0.2) is 35.7 Å². The molecule has 0 aliphatic heterocycles. The Labute approximate surface area is 779 Å². The van der Waals surface area contributed by atoms with Crippen molar-refractivity contribution in [3.05, 3.63) is 521 Å². The molecule has 134 heavy (non-hydrogen) atoms. The molecule has 0 saturated carbocycles. The van der Waals surface area contributed by atoms with Crippen LogP contribution in [0.4, 0.5) is 0 Å². The van der Waals surface area contributed by atoms with Gasteiger partial charge in [-0.05, 0) is 265 Å². The zero-order chi connectivity index (χ0) is 89.5. The summed E-state index contributed by atoms with van der Waals surface area (Å²) in [6.45, 7) is 0. The summed E-state index contributed by atoms with van der Waals surface area (Å²) in [5, 5.41) is 0. The van der Waals surface area contributed by atoms with Gasteiger partial charge >= 0.3 is 0 Å². The Hall–Kier alpha value is -17.9. The lowest BCUT2D eigenvalue weighted by atomic mass is 9.89. The average Bonchev–Trinajstić information content (AvgIpc) is 0.775. The van der Waals surface area contributed by atoms with Gasteiger partial charge in [-0.2, -0.15) is 0 Å². The predicted molar refractivity (Wildman–Crippen MR) is 552 cm³/mol. The van der Waals surface area contributed by atoms with Gasteiger partial charge in [0.1, 0.15) is 0 Å². The maximum Gasteiger partial charge on any atom is 0.194 e. The summed E-state index contributed by atoms with van der Waals surface area (Å²) in [6, 6.07) is 178. The Kier molecular flexibility index (Phi) is 22.6. The van der Waals surface area contributed by atoms with Crippen molar-refractivity contribution >= 4 is 5.78 Å². The number of rotatable bonds is 22. The first-order valence-electron chi connectivity index (χ1n) is 45.2. The molecule has 0 aliphatic carbocycles. The summed E-state index contributed by atoms with van der Waals surface area (Å²) in [5.41, 5.74) is 35.1. The van der Waals surface area contributed by atoms with E-state index in [1.165, 1.54) is 0 Å². The summed E-state index contributed by atoms with van der Waals surface area (Å²) in [4.78, 5) is 48.9. The Morgan fingerprint density at radius 3 is 0.425 bits per heavy atom. The van der Waals surface area contributed by atoms with Crippen LogP contribution in [0.1, 0.15) is 15.9 Å². The topological polar surface area (TPSA) is 94.4 Å². The number of hydrogen-bond acceptors (Lipinski definition) is 7. The summed E-state index contributed by atoms with van der Waals surface area (Å²) < 4.78 is 0. The lowest BCUT2D eigenvalue weighted by Gasteiger charge is -2.15. The van der Waals surface area contributed by atoms with E-state index in [0.29, 0.717) is 46.1 Å². The number of benzene rings is 20. The highest BCUT2D eigenvalue weighted by molar-refractivity contribution is 6.16. The maximum atomic E-state index is 16.1. The molecule has 2 heterocycles. The lowest BCUT2D eigenvalue weighted by molar-refractivity contribution is 0.104. The first-order valence-corrected chi connectivity index (χ1v) is 45.2. The molecule has 22 aromatic rings. The van der Waals surface area contributed by atoms with E-state index in [9.17, 15) is 0 Å². The molecule has 628 valence electrons. The third kappa shape index (κ3) is 17.6. The van der Waals surface area contributed by atoms with E-state index in [1.807, 2.05) is 72.8 Å². The van der Waals surface area contributed by atoms with Gasteiger partial charge in [-0.1, -0.05) is 400 Å². The molecule has 0 bridgehead atoms. The Balaban J connectivity index is 0.637. The molecule has 7 heteroatoms. The van der Waals surface area contributed by atoms with Crippen molar-refractivity contribution in [3.8, 4) is 224 Å². The van der Waals surface area contributed by atoms with E-state index in [1.54, 1.807) is 0 Å². The summed E-state index contributed by atoms with van der Waals surface area (Å²) in [6.07, 6.45) is 0. The Morgan fingerprint density at radius 1 is 0.112 bits per heavy atom. The van der Waals surface area contributed by atoms with Crippen LogP contribution < -0.4 is 0 Å². The average molecular weight is 1710 g/mol. The summed E-state index contributed by atoms with van der Waals surface area (Å²) in [5.74, 6) is 2.81. The fraction of sp³-hybridized carbons (Fsp3) is 0. The number of carbonyl (C=O) groups is 1. The van der Waals surface area contributed by atoms with Crippen LogP contribution in [0.3, 0.4) is 0 Å². The van der Waals surface area contributed by atoms with Crippen molar-refractivity contribution in [2.45, 2.75) is 0 Å². The molecular formula is C127H84N6O. The molecule has 0 amide bonds. The highest BCUT2D eigenvalue weighted by atomic mass is 16.1. The van der Waals surface area contributed by atoms with Crippen LogP contribution in [-0.2, 0) is 0 Å². The van der Waals surface area contributed by atoms with E-state index in [4.69, 9.17) is 29.9 Å². The van der Waals surface area contributed by atoms with Gasteiger partial charge < -0.3 is 0 Å². The number of carbonyl (C=O) groups excluding carboxylic acids is 1. The maximum absolute atomic E-state index is 16.1. The minimum absolute atomic E-state index is 0.147. The third-order valence-electron chi connectivity index (χ3n) is 24.9. The predicted octanol–water partition coefficient (Wildman–Crippen LogP) is 32.6. The van der Waals surface area contributed by atoms with Crippen molar-refractivity contribution < 1.29 is 4.79 Å². The van der Waals surface area contributed by atoms with Crippen molar-refractivity contribution in [1.82, 2.24) is 29.9 Å². The van der Waals surface area contributed by atoms with Crippen molar-refractivity contribution in [3.63, 3.8) is 0 Å². The zero-order valence-electron chi connectivity index (χ0n) is 73.1. The quantitative estimate of drug-likeness (QED) is 0.0624. The minimum atomic E-state index is -0.147. The van der Waals surface area contributed by atoms with Crippen LogP contribution in [0, 0.1) is 0 Å². The van der Waals surface area contributed by atoms with Gasteiger partial charge in [0, 0.05) is 44.5 Å². The smallest absolute Gasteiger partial charge is 0.194 e. The molecule has 0 aliphatic rings. The highest BCUT2D eigenvalue weighted by Gasteiger charge is 2.24. The van der Waals surface area contributed by atoms with Gasteiger partial charge in [-0.25, -0.2) is 29.9 Å². The van der Waals surface area contributed by atoms with Gasteiger partial charge in [0.25, 0.3) is 0 Å². The van der Waals surface area contributed by atoms with Crippen molar-refractivity contribution in [2.75, 3.05) is 0 Å². The first-order chi connectivity index (χ1) is 66.2. The molecule has 0 unspecified atom stereocenters. The fourth-order valence-corrected chi connectivity index (χ4v) is 18.1. The molecule has 0 fully saturated rings. The number of ketones is 1. The van der Waals surface area contributed by atoms with E-state index < -0.39 is 0 Å². The molecule has 0 N–H and O–H groups in total. The van der Waals surface area contributed by atoms with Crippen molar-refractivity contribution in [2.24, 2.45) is 0 Å². The fourth-order valence-electron chi connectivity index (χ4n) is 18.1. The molecule has 0 atom stereocenters. The largest absolute Gasteiger partial charge is 0.289 e. The van der Waals surface area contributed by atoms with Crippen LogP contribution in [0.5, 0.6) is 0 Å². The highest BCUT2D eigenvalue weighted by Crippen LogP contribution is 2.43. The van der Waals surface area contributed by atoms with Gasteiger partial charge in [0.15, 0.2) is 40.7 Å². The molecule has 0 saturated heterocycles. The van der Waals surface area contributed by atoms with E-state index in [0.717, 1.165) is 189 Å². The van der Waals surface area contributed by atoms with Crippen LogP contribution in [0.2, 0.25) is 0 Å². The van der Waals surface area contributed by atoms with Gasteiger partial charge in [-0.3, -0.25) is 4.79 Å². The summed E-state index contributed by atoms with van der Waals surface area (Å²) >= 11 is 0. The second-order valence-corrected chi connectivity index (χ2v) is 33.6. The van der Waals surface area contributed by atoms with Gasteiger partial charge in [-0.15, -0.1) is 0 Å². The molecule has 0 radical (unpaired) electrons. The SMILES string of the molecule is O=C(c1ccccc1-c1cccc(-c2nc(-c3cccc(-c4cc(-c5ccccc5)cc(-c5ccccc5)c4)c3)nc(-c3cccc(-c4cc(-c5ccccc5)cc(-c5ccccc5)c4)c3)n2)c1)c1ccccc1-c1cccc(-c2nc(-c3cccc(-c4cc(-c5ccccc5)cc(-c5ccccc5)c4)c3)nc(-c3cccc(-c4cc(-c5ccccc5)cc(-c5ccccc5)c4)c3)n2)c1. The van der Waals surface area contributed by atoms with Crippen molar-refractivity contribution in [1.29, 1.82) is 0 Å². The molecule has 20 aromatic carbocycles. The van der Waals surface area contributed by atoms with Crippen LogP contribution in [0.15, 0.2) is 510 Å². The number of hydrogen-bond donors (Lipinski definition) is 0. The van der Waals surface area contributed by atoms with Crippen LogP contribution in [0.25, 0.3) is 224 Å².